The molecule has 0 fully saturated rings. The number of fused-ring (bicyclic) bond motifs is 1. The minimum Gasteiger partial charge on any atom is -0.306 e. The highest BCUT2D eigenvalue weighted by Gasteiger charge is 2.14. The molecule has 0 saturated heterocycles. The molecule has 4 rings (SSSR count). The van der Waals surface area contributed by atoms with E-state index in [1.165, 1.54) is 0 Å². The molecule has 0 spiro atoms. The van der Waals surface area contributed by atoms with Crippen molar-refractivity contribution >= 4 is 34.5 Å². The normalized spacial score (nSPS) is 10.5. The van der Waals surface area contributed by atoms with Crippen LogP contribution in [0, 0.1) is 6.92 Å². The molecular weight excluding hydrogens is 364 g/mol. The van der Waals surface area contributed by atoms with Gasteiger partial charge in [0.2, 0.25) is 5.95 Å². The van der Waals surface area contributed by atoms with Crippen molar-refractivity contribution in [2.45, 2.75) is 6.92 Å². The first kappa shape index (κ1) is 18.3. The van der Waals surface area contributed by atoms with E-state index in [1.54, 1.807) is 48.5 Å². The van der Waals surface area contributed by atoms with Crippen molar-refractivity contribution in [3.63, 3.8) is 0 Å². The zero-order valence-corrected chi connectivity index (χ0v) is 15.7. The average molecular weight is 382 g/mol. The van der Waals surface area contributed by atoms with Crippen molar-refractivity contribution in [3.05, 3.63) is 95.6 Å². The molecule has 0 saturated carbocycles. The van der Waals surface area contributed by atoms with Gasteiger partial charge in [-0.05, 0) is 43.3 Å². The third-order valence-corrected chi connectivity index (χ3v) is 4.38. The lowest BCUT2D eigenvalue weighted by Crippen LogP contribution is -2.17. The number of aryl methyl sites for hydroxylation is 1. The second-order valence-electron chi connectivity index (χ2n) is 6.56. The summed E-state index contributed by atoms with van der Waals surface area (Å²) < 4.78 is 0. The highest BCUT2D eigenvalue weighted by Crippen LogP contribution is 2.24. The Kier molecular flexibility index (Phi) is 4.99. The van der Waals surface area contributed by atoms with Gasteiger partial charge in [-0.25, -0.2) is 4.98 Å². The lowest BCUT2D eigenvalue weighted by Gasteiger charge is -2.11. The topological polar surface area (TPSA) is 84.0 Å². The fourth-order valence-corrected chi connectivity index (χ4v) is 2.93. The van der Waals surface area contributed by atoms with Crippen molar-refractivity contribution in [1.29, 1.82) is 0 Å². The number of rotatable bonds is 4. The number of aromatic nitrogens is 2. The summed E-state index contributed by atoms with van der Waals surface area (Å²) in [6, 6.07) is 23.3. The summed E-state index contributed by atoms with van der Waals surface area (Å²) in [6.45, 7) is 1.95. The lowest BCUT2D eigenvalue weighted by molar-refractivity contribution is 0.101. The number of carbonyl (C=O) groups excluding carboxylic acids is 2. The van der Waals surface area contributed by atoms with Crippen molar-refractivity contribution in [2.24, 2.45) is 0 Å². The maximum absolute atomic E-state index is 12.6. The molecule has 0 aliphatic rings. The van der Waals surface area contributed by atoms with Crippen LogP contribution in [0.2, 0.25) is 0 Å². The van der Waals surface area contributed by atoms with Gasteiger partial charge in [0.25, 0.3) is 11.8 Å². The Bertz CT molecular complexity index is 1190. The zero-order chi connectivity index (χ0) is 20.2. The number of amides is 2. The van der Waals surface area contributed by atoms with Gasteiger partial charge < -0.3 is 5.32 Å². The van der Waals surface area contributed by atoms with Gasteiger partial charge in [-0.2, -0.15) is 4.98 Å². The van der Waals surface area contributed by atoms with Gasteiger partial charge in [0.1, 0.15) is 5.82 Å². The third-order valence-electron chi connectivity index (χ3n) is 4.38. The molecule has 0 bridgehead atoms. The zero-order valence-electron chi connectivity index (χ0n) is 15.7. The van der Waals surface area contributed by atoms with Crippen LogP contribution in [0.25, 0.3) is 10.9 Å². The number of hydrogen-bond acceptors (Lipinski definition) is 4. The van der Waals surface area contributed by atoms with E-state index in [1.807, 2.05) is 37.3 Å². The van der Waals surface area contributed by atoms with Crippen LogP contribution in [0.15, 0.2) is 78.9 Å². The first-order valence-corrected chi connectivity index (χ1v) is 9.11. The Morgan fingerprint density at radius 3 is 1.93 bits per heavy atom. The molecule has 2 amide bonds. The SMILES string of the molecule is Cc1ccc2nc(NC(=O)c3ccccc3)nc(NC(=O)c3ccccc3)c2c1. The minimum atomic E-state index is -0.322. The standard InChI is InChI=1S/C23H18N4O2/c1-15-12-13-19-18(14-15)20(25-21(28)16-8-4-2-5-9-16)26-23(24-19)27-22(29)17-10-6-3-7-11-17/h2-14H,1H3,(H2,24,25,26,27,28,29). The number of carbonyl (C=O) groups is 2. The van der Waals surface area contributed by atoms with Gasteiger partial charge in [-0.15, -0.1) is 0 Å². The van der Waals surface area contributed by atoms with Crippen LogP contribution in [0.3, 0.4) is 0 Å². The number of nitrogens with one attached hydrogen (secondary N) is 2. The van der Waals surface area contributed by atoms with E-state index < -0.39 is 0 Å². The highest BCUT2D eigenvalue weighted by atomic mass is 16.2. The first-order valence-electron chi connectivity index (χ1n) is 9.11. The summed E-state index contributed by atoms with van der Waals surface area (Å²) in [7, 11) is 0. The largest absolute Gasteiger partial charge is 0.306 e. The molecule has 0 atom stereocenters. The molecule has 0 radical (unpaired) electrons. The summed E-state index contributed by atoms with van der Waals surface area (Å²) in [4.78, 5) is 33.9. The molecule has 142 valence electrons. The number of nitrogens with zero attached hydrogens (tertiary/aromatic N) is 2. The molecule has 0 aliphatic carbocycles. The molecule has 6 heteroatoms. The summed E-state index contributed by atoms with van der Waals surface area (Å²) in [6.07, 6.45) is 0. The van der Waals surface area contributed by atoms with Gasteiger partial charge in [0.15, 0.2) is 0 Å². The van der Waals surface area contributed by atoms with Crippen LogP contribution < -0.4 is 10.6 Å². The van der Waals surface area contributed by atoms with E-state index in [9.17, 15) is 9.59 Å². The van der Waals surface area contributed by atoms with Crippen LogP contribution in [-0.2, 0) is 0 Å². The predicted octanol–water partition coefficient (Wildman–Crippen LogP) is 4.44. The molecule has 1 heterocycles. The smallest absolute Gasteiger partial charge is 0.258 e. The summed E-state index contributed by atoms with van der Waals surface area (Å²) in [5.41, 5.74) is 2.64. The molecule has 2 N–H and O–H groups in total. The Labute approximate surface area is 167 Å². The van der Waals surface area contributed by atoms with Crippen LogP contribution in [0.1, 0.15) is 26.3 Å². The monoisotopic (exact) mass is 382 g/mol. The number of anilines is 2. The van der Waals surface area contributed by atoms with Gasteiger partial charge in [0.05, 0.1) is 5.52 Å². The molecule has 4 aromatic rings. The van der Waals surface area contributed by atoms with E-state index in [4.69, 9.17) is 0 Å². The van der Waals surface area contributed by atoms with Crippen molar-refractivity contribution in [1.82, 2.24) is 9.97 Å². The molecule has 0 unspecified atom stereocenters. The quantitative estimate of drug-likeness (QED) is 0.546. The molecule has 3 aromatic carbocycles. The lowest BCUT2D eigenvalue weighted by atomic mass is 10.1. The van der Waals surface area contributed by atoms with E-state index in [2.05, 4.69) is 20.6 Å². The van der Waals surface area contributed by atoms with Crippen molar-refractivity contribution < 1.29 is 9.59 Å². The Balaban J connectivity index is 1.70. The second-order valence-corrected chi connectivity index (χ2v) is 6.56. The number of benzene rings is 3. The van der Waals surface area contributed by atoms with Gasteiger partial charge in [0, 0.05) is 16.5 Å². The Hall–Kier alpha value is -4.06. The molecule has 6 nitrogen and oxygen atoms in total. The summed E-state index contributed by atoms with van der Waals surface area (Å²) >= 11 is 0. The van der Waals surface area contributed by atoms with E-state index >= 15 is 0 Å². The highest BCUT2D eigenvalue weighted by molar-refractivity contribution is 6.08. The summed E-state index contributed by atoms with van der Waals surface area (Å²) in [5, 5.41) is 6.25. The van der Waals surface area contributed by atoms with Crippen LogP contribution >= 0.6 is 0 Å². The average Bonchev–Trinajstić information content (AvgIpc) is 2.75. The van der Waals surface area contributed by atoms with Gasteiger partial charge in [-0.3, -0.25) is 14.9 Å². The van der Waals surface area contributed by atoms with Crippen LogP contribution in [0.5, 0.6) is 0 Å². The molecule has 0 aliphatic heterocycles. The first-order chi connectivity index (χ1) is 14.1. The minimum absolute atomic E-state index is 0.124. The van der Waals surface area contributed by atoms with E-state index in [0.717, 1.165) is 5.56 Å². The predicted molar refractivity (Wildman–Crippen MR) is 113 cm³/mol. The molecule has 29 heavy (non-hydrogen) atoms. The third kappa shape index (κ3) is 4.11. The van der Waals surface area contributed by atoms with Gasteiger partial charge in [-0.1, -0.05) is 48.0 Å². The van der Waals surface area contributed by atoms with Crippen LogP contribution in [0.4, 0.5) is 11.8 Å². The van der Waals surface area contributed by atoms with E-state index in [0.29, 0.717) is 27.8 Å². The van der Waals surface area contributed by atoms with Crippen LogP contribution in [-0.4, -0.2) is 21.8 Å². The van der Waals surface area contributed by atoms with E-state index in [-0.39, 0.29) is 17.8 Å². The Morgan fingerprint density at radius 2 is 1.31 bits per heavy atom. The Morgan fingerprint density at radius 1 is 0.724 bits per heavy atom. The second kappa shape index (κ2) is 7.90. The van der Waals surface area contributed by atoms with Gasteiger partial charge >= 0.3 is 0 Å². The molecule has 1 aromatic heterocycles. The fraction of sp³-hybridized carbons (Fsp3) is 0.0435. The van der Waals surface area contributed by atoms with Crippen molar-refractivity contribution in [3.8, 4) is 0 Å². The number of hydrogen-bond donors (Lipinski definition) is 2. The van der Waals surface area contributed by atoms with Crippen molar-refractivity contribution in [2.75, 3.05) is 10.6 Å². The molecular formula is C23H18N4O2. The fourth-order valence-electron chi connectivity index (χ4n) is 2.93. The summed E-state index contributed by atoms with van der Waals surface area (Å²) in [5.74, 6) is -0.140. The maximum atomic E-state index is 12.6. The maximum Gasteiger partial charge on any atom is 0.258 e.